The van der Waals surface area contributed by atoms with Crippen molar-refractivity contribution in [2.24, 2.45) is 0 Å². The van der Waals surface area contributed by atoms with E-state index in [9.17, 15) is 14.7 Å². The van der Waals surface area contributed by atoms with Crippen LogP contribution in [0.5, 0.6) is 5.75 Å². The van der Waals surface area contributed by atoms with Gasteiger partial charge in [-0.1, -0.05) is 36.4 Å². The predicted molar refractivity (Wildman–Crippen MR) is 130 cm³/mol. The summed E-state index contributed by atoms with van der Waals surface area (Å²) in [5, 5.41) is 11.6. The lowest BCUT2D eigenvalue weighted by atomic mass is 9.95. The van der Waals surface area contributed by atoms with E-state index < -0.39 is 17.7 Å². The monoisotopic (exact) mass is 482 g/mol. The van der Waals surface area contributed by atoms with Crippen molar-refractivity contribution in [3.63, 3.8) is 0 Å². The number of ether oxygens (including phenoxy) is 2. The Bertz CT molecular complexity index is 1090. The molecule has 178 valence electrons. The summed E-state index contributed by atoms with van der Waals surface area (Å²) >= 11 is 5.99. The molecule has 2 saturated heterocycles. The number of amides is 1. The van der Waals surface area contributed by atoms with Gasteiger partial charge in [0.2, 0.25) is 0 Å². The molecule has 8 heteroatoms. The van der Waals surface area contributed by atoms with Crippen LogP contribution in [-0.2, 0) is 14.3 Å². The van der Waals surface area contributed by atoms with Gasteiger partial charge in [-0.25, -0.2) is 0 Å². The van der Waals surface area contributed by atoms with Crippen molar-refractivity contribution in [2.45, 2.75) is 6.04 Å². The lowest BCUT2D eigenvalue weighted by Gasteiger charge is -2.31. The molecule has 1 amide bonds. The first kappa shape index (κ1) is 24.0. The predicted octanol–water partition coefficient (Wildman–Crippen LogP) is 3.66. The molecule has 7 nitrogen and oxygen atoms in total. The van der Waals surface area contributed by atoms with E-state index in [0.717, 1.165) is 13.1 Å². The van der Waals surface area contributed by atoms with E-state index in [1.54, 1.807) is 48.5 Å². The molecule has 0 unspecified atom stereocenters. The molecule has 2 aliphatic rings. The summed E-state index contributed by atoms with van der Waals surface area (Å²) in [6.07, 6.45) is 1.64. The Labute approximate surface area is 203 Å². The van der Waals surface area contributed by atoms with Crippen LogP contribution in [0.4, 0.5) is 0 Å². The first-order valence-corrected chi connectivity index (χ1v) is 11.6. The average molecular weight is 483 g/mol. The van der Waals surface area contributed by atoms with Gasteiger partial charge in [0.15, 0.2) is 0 Å². The molecule has 0 saturated carbocycles. The summed E-state index contributed by atoms with van der Waals surface area (Å²) < 4.78 is 11.1. The molecular weight excluding hydrogens is 456 g/mol. The Balaban J connectivity index is 1.73. The summed E-state index contributed by atoms with van der Waals surface area (Å²) in [5.74, 6) is -0.989. The lowest BCUT2D eigenvalue weighted by Crippen LogP contribution is -2.42. The number of nitrogens with zero attached hydrogens (tertiary/aromatic N) is 2. The number of ketones is 1. The van der Waals surface area contributed by atoms with Crippen molar-refractivity contribution in [3.8, 4) is 5.75 Å². The second kappa shape index (κ2) is 10.9. The highest BCUT2D eigenvalue weighted by Crippen LogP contribution is 2.40. The second-order valence-corrected chi connectivity index (χ2v) is 8.56. The van der Waals surface area contributed by atoms with Crippen LogP contribution in [0.25, 0.3) is 5.76 Å². The van der Waals surface area contributed by atoms with Gasteiger partial charge in [-0.2, -0.15) is 0 Å². The number of Topliss-reactive ketones (excluding diaryl/α,β-unsaturated/α-hetero) is 1. The molecule has 1 atom stereocenters. The molecule has 2 aromatic carbocycles. The third-order valence-corrected chi connectivity index (χ3v) is 6.21. The number of hydrogen-bond donors (Lipinski definition) is 1. The summed E-state index contributed by atoms with van der Waals surface area (Å²) in [5.41, 5.74) is 1.15. The first-order valence-electron chi connectivity index (χ1n) is 11.2. The summed E-state index contributed by atoms with van der Waals surface area (Å²) in [6, 6.07) is 13.0. The largest absolute Gasteiger partial charge is 0.507 e. The topological polar surface area (TPSA) is 79.3 Å². The lowest BCUT2D eigenvalue weighted by molar-refractivity contribution is -0.140. The number of carbonyl (C=O) groups is 2. The Hall–Kier alpha value is -3.13. The van der Waals surface area contributed by atoms with Gasteiger partial charge in [0.25, 0.3) is 11.7 Å². The van der Waals surface area contributed by atoms with E-state index in [4.69, 9.17) is 21.1 Å². The maximum absolute atomic E-state index is 13.2. The molecule has 0 radical (unpaired) electrons. The van der Waals surface area contributed by atoms with Crippen molar-refractivity contribution >= 4 is 29.1 Å². The maximum Gasteiger partial charge on any atom is 0.295 e. The van der Waals surface area contributed by atoms with Crippen LogP contribution in [0.2, 0.25) is 5.02 Å². The van der Waals surface area contributed by atoms with E-state index in [-0.39, 0.29) is 11.3 Å². The number of rotatable bonds is 8. The highest BCUT2D eigenvalue weighted by atomic mass is 35.5. The van der Waals surface area contributed by atoms with E-state index in [1.165, 1.54) is 4.90 Å². The maximum atomic E-state index is 13.2. The molecule has 1 N–H and O–H groups in total. The number of hydrogen-bond acceptors (Lipinski definition) is 6. The van der Waals surface area contributed by atoms with Crippen LogP contribution in [0.1, 0.15) is 17.2 Å². The molecule has 4 rings (SSSR count). The normalized spacial score (nSPS) is 20.5. The molecule has 2 aliphatic heterocycles. The molecule has 34 heavy (non-hydrogen) atoms. The summed E-state index contributed by atoms with van der Waals surface area (Å²) in [7, 11) is 0. The minimum Gasteiger partial charge on any atom is -0.507 e. The first-order chi connectivity index (χ1) is 16.5. The van der Waals surface area contributed by atoms with Crippen molar-refractivity contribution in [1.82, 2.24) is 9.80 Å². The Morgan fingerprint density at radius 1 is 1.15 bits per heavy atom. The smallest absolute Gasteiger partial charge is 0.295 e. The summed E-state index contributed by atoms with van der Waals surface area (Å²) in [4.78, 5) is 30.0. The highest BCUT2D eigenvalue weighted by molar-refractivity contribution is 6.46. The second-order valence-electron chi connectivity index (χ2n) is 8.13. The minimum atomic E-state index is -0.746. The fourth-order valence-electron chi connectivity index (χ4n) is 4.22. The fourth-order valence-corrected chi connectivity index (χ4v) is 4.35. The van der Waals surface area contributed by atoms with Crippen LogP contribution in [0, 0.1) is 0 Å². The van der Waals surface area contributed by atoms with Gasteiger partial charge in [0.1, 0.15) is 18.1 Å². The van der Waals surface area contributed by atoms with Gasteiger partial charge < -0.3 is 19.5 Å². The van der Waals surface area contributed by atoms with Crippen molar-refractivity contribution < 1.29 is 24.2 Å². The van der Waals surface area contributed by atoms with Crippen LogP contribution < -0.4 is 4.74 Å². The highest BCUT2D eigenvalue weighted by Gasteiger charge is 2.46. The van der Waals surface area contributed by atoms with Crippen LogP contribution >= 0.6 is 11.6 Å². The van der Waals surface area contributed by atoms with Gasteiger partial charge >= 0.3 is 0 Å². The zero-order valence-electron chi connectivity index (χ0n) is 18.8. The zero-order valence-corrected chi connectivity index (χ0v) is 19.5. The third kappa shape index (κ3) is 5.17. The van der Waals surface area contributed by atoms with Crippen molar-refractivity contribution in [3.05, 3.63) is 82.9 Å². The number of carbonyl (C=O) groups excluding carboxylic acids is 2. The minimum absolute atomic E-state index is 0.0511. The van der Waals surface area contributed by atoms with Crippen molar-refractivity contribution in [2.75, 3.05) is 46.0 Å². The van der Waals surface area contributed by atoms with E-state index in [0.29, 0.717) is 54.8 Å². The molecular formula is C26H27ClN2O5. The van der Waals surface area contributed by atoms with Gasteiger partial charge in [-0.3, -0.25) is 14.5 Å². The van der Waals surface area contributed by atoms with Gasteiger partial charge in [0, 0.05) is 36.8 Å². The van der Waals surface area contributed by atoms with Crippen LogP contribution in [-0.4, -0.2) is 72.6 Å². The quantitative estimate of drug-likeness (QED) is 0.268. The van der Waals surface area contributed by atoms with E-state index >= 15 is 0 Å². The molecule has 0 aliphatic carbocycles. The van der Waals surface area contributed by atoms with Crippen LogP contribution in [0.3, 0.4) is 0 Å². The van der Waals surface area contributed by atoms with Gasteiger partial charge in [-0.15, -0.1) is 0 Å². The third-order valence-electron chi connectivity index (χ3n) is 5.96. The summed E-state index contributed by atoms with van der Waals surface area (Å²) in [6.45, 7) is 7.74. The number of aliphatic hydroxyl groups excluding tert-OH is 1. The number of halogens is 1. The van der Waals surface area contributed by atoms with Crippen molar-refractivity contribution in [1.29, 1.82) is 0 Å². The Morgan fingerprint density at radius 2 is 1.88 bits per heavy atom. The molecule has 2 fully saturated rings. The van der Waals surface area contributed by atoms with E-state index in [1.807, 2.05) is 6.07 Å². The number of benzene rings is 2. The SMILES string of the molecule is C=CCOc1cccc([C@@H]2/C(=C(\O)c3ccc(Cl)cc3)C(=O)C(=O)N2CCN2CCOCC2)c1. The number of likely N-dealkylation sites (tertiary alicyclic amines) is 1. The Morgan fingerprint density at radius 3 is 2.59 bits per heavy atom. The number of morpholine rings is 1. The standard InChI is InChI=1S/C26H27ClN2O5/c1-2-14-34-21-5-3-4-19(17-21)23-22(24(30)18-6-8-20(27)9-7-18)25(31)26(32)29(23)11-10-28-12-15-33-16-13-28/h2-9,17,23,30H,1,10-16H2/b24-22+/t23-/m1/s1. The zero-order chi connectivity index (χ0) is 24.1. The van der Waals surface area contributed by atoms with E-state index in [2.05, 4.69) is 11.5 Å². The fraction of sp³-hybridized carbons (Fsp3) is 0.308. The van der Waals surface area contributed by atoms with Crippen LogP contribution in [0.15, 0.2) is 66.8 Å². The molecule has 0 spiro atoms. The number of aliphatic hydroxyl groups is 1. The van der Waals surface area contributed by atoms with Gasteiger partial charge in [0.05, 0.1) is 24.8 Å². The molecule has 2 aromatic rings. The molecule has 0 aromatic heterocycles. The van der Waals surface area contributed by atoms with Gasteiger partial charge in [-0.05, 0) is 42.0 Å². The average Bonchev–Trinajstić information content (AvgIpc) is 3.12. The molecule has 2 heterocycles. The molecule has 0 bridgehead atoms. The Kier molecular flexibility index (Phi) is 7.67.